The number of hydrogen-bond donors (Lipinski definition) is 3. The molecule has 1 unspecified atom stereocenters. The SMILES string of the molecule is CN=C(NCCNC(=O)Cc1ccc(F)cc1)NC(C)C(C)C.I. The number of nitrogens with one attached hydrogen (secondary N) is 3. The number of benzene rings is 1. The fraction of sp³-hybridized carbons (Fsp3) is 0.529. The average molecular weight is 450 g/mol. The molecule has 0 aliphatic carbocycles. The number of carbonyl (C=O) groups is 1. The van der Waals surface area contributed by atoms with E-state index in [4.69, 9.17) is 0 Å². The number of rotatable bonds is 7. The Bertz CT molecular complexity index is 520. The van der Waals surface area contributed by atoms with Crippen LogP contribution in [0.4, 0.5) is 4.39 Å². The molecule has 3 N–H and O–H groups in total. The van der Waals surface area contributed by atoms with Crippen LogP contribution in [0.1, 0.15) is 26.3 Å². The first kappa shape index (κ1) is 22.6. The van der Waals surface area contributed by atoms with Crippen molar-refractivity contribution in [1.29, 1.82) is 0 Å². The number of amides is 1. The van der Waals surface area contributed by atoms with Crippen LogP contribution in [-0.2, 0) is 11.2 Å². The molecule has 0 aliphatic rings. The third kappa shape index (κ3) is 9.05. The number of aliphatic imine (C=N–C) groups is 1. The van der Waals surface area contributed by atoms with Crippen molar-refractivity contribution < 1.29 is 9.18 Å². The Morgan fingerprint density at radius 3 is 2.25 bits per heavy atom. The molecule has 0 radical (unpaired) electrons. The molecule has 24 heavy (non-hydrogen) atoms. The zero-order chi connectivity index (χ0) is 17.2. The van der Waals surface area contributed by atoms with E-state index in [1.54, 1.807) is 19.2 Å². The highest BCUT2D eigenvalue weighted by Crippen LogP contribution is 2.03. The van der Waals surface area contributed by atoms with Gasteiger partial charge in [0.05, 0.1) is 6.42 Å². The van der Waals surface area contributed by atoms with Crippen LogP contribution < -0.4 is 16.0 Å². The predicted molar refractivity (Wildman–Crippen MR) is 107 cm³/mol. The van der Waals surface area contributed by atoms with Gasteiger partial charge in [0, 0.05) is 26.2 Å². The minimum atomic E-state index is -0.298. The van der Waals surface area contributed by atoms with Gasteiger partial charge in [0.2, 0.25) is 5.91 Å². The highest BCUT2D eigenvalue weighted by molar-refractivity contribution is 14.0. The normalized spacial score (nSPS) is 12.3. The van der Waals surface area contributed by atoms with Crippen LogP contribution in [0.2, 0.25) is 0 Å². The second kappa shape index (κ2) is 12.0. The Balaban J connectivity index is 0.00000529. The molecule has 0 saturated heterocycles. The third-order valence-corrected chi connectivity index (χ3v) is 3.61. The van der Waals surface area contributed by atoms with E-state index in [0.29, 0.717) is 25.0 Å². The fourth-order valence-corrected chi connectivity index (χ4v) is 1.81. The van der Waals surface area contributed by atoms with Gasteiger partial charge in [0.25, 0.3) is 0 Å². The highest BCUT2D eigenvalue weighted by atomic mass is 127. The molecule has 1 amide bonds. The summed E-state index contributed by atoms with van der Waals surface area (Å²) < 4.78 is 12.8. The van der Waals surface area contributed by atoms with Crippen molar-refractivity contribution in [3.63, 3.8) is 0 Å². The summed E-state index contributed by atoms with van der Waals surface area (Å²) in [5.41, 5.74) is 0.792. The predicted octanol–water partition coefficient (Wildman–Crippen LogP) is 2.31. The average Bonchev–Trinajstić information content (AvgIpc) is 2.52. The smallest absolute Gasteiger partial charge is 0.224 e. The number of nitrogens with zero attached hydrogens (tertiary/aromatic N) is 1. The summed E-state index contributed by atoms with van der Waals surface area (Å²) in [4.78, 5) is 15.9. The van der Waals surface area contributed by atoms with Crippen LogP contribution in [0.15, 0.2) is 29.3 Å². The minimum Gasteiger partial charge on any atom is -0.355 e. The van der Waals surface area contributed by atoms with Gasteiger partial charge in [0.15, 0.2) is 5.96 Å². The molecule has 0 aliphatic heterocycles. The quantitative estimate of drug-likeness (QED) is 0.259. The van der Waals surface area contributed by atoms with Gasteiger partial charge in [-0.15, -0.1) is 24.0 Å². The van der Waals surface area contributed by atoms with Gasteiger partial charge < -0.3 is 16.0 Å². The lowest BCUT2D eigenvalue weighted by Crippen LogP contribution is -2.46. The molecule has 0 aromatic heterocycles. The summed E-state index contributed by atoms with van der Waals surface area (Å²) in [6.45, 7) is 7.46. The second-order valence-corrected chi connectivity index (χ2v) is 5.83. The van der Waals surface area contributed by atoms with E-state index >= 15 is 0 Å². The van der Waals surface area contributed by atoms with Crippen molar-refractivity contribution in [2.75, 3.05) is 20.1 Å². The van der Waals surface area contributed by atoms with Crippen LogP contribution in [0.3, 0.4) is 0 Å². The maximum atomic E-state index is 12.8. The second-order valence-electron chi connectivity index (χ2n) is 5.83. The van der Waals surface area contributed by atoms with Gasteiger partial charge in [-0.3, -0.25) is 9.79 Å². The number of halogens is 2. The van der Waals surface area contributed by atoms with Crippen molar-refractivity contribution in [3.8, 4) is 0 Å². The lowest BCUT2D eigenvalue weighted by molar-refractivity contribution is -0.120. The summed E-state index contributed by atoms with van der Waals surface area (Å²) in [5, 5.41) is 9.27. The molecule has 0 spiro atoms. The molecular weight excluding hydrogens is 422 g/mol. The van der Waals surface area contributed by atoms with Gasteiger partial charge in [-0.1, -0.05) is 26.0 Å². The van der Waals surface area contributed by atoms with E-state index in [0.717, 1.165) is 11.5 Å². The maximum absolute atomic E-state index is 12.8. The van der Waals surface area contributed by atoms with E-state index in [1.807, 2.05) is 0 Å². The van der Waals surface area contributed by atoms with Gasteiger partial charge in [-0.2, -0.15) is 0 Å². The standard InChI is InChI=1S/C17H27FN4O.HI/c1-12(2)13(3)22-17(19-4)21-10-9-20-16(23)11-14-5-7-15(18)8-6-14;/h5-8,12-13H,9-11H2,1-4H3,(H,20,23)(H2,19,21,22);1H. The summed E-state index contributed by atoms with van der Waals surface area (Å²) >= 11 is 0. The summed E-state index contributed by atoms with van der Waals surface area (Å²) in [7, 11) is 1.72. The number of hydrogen-bond acceptors (Lipinski definition) is 2. The fourth-order valence-electron chi connectivity index (χ4n) is 1.81. The monoisotopic (exact) mass is 450 g/mol. The Hall–Kier alpha value is -1.38. The van der Waals surface area contributed by atoms with Crippen molar-refractivity contribution >= 4 is 35.8 Å². The Morgan fingerprint density at radius 1 is 1.12 bits per heavy atom. The molecule has 1 atom stereocenters. The van der Waals surface area contributed by atoms with Crippen molar-refractivity contribution in [2.45, 2.75) is 33.2 Å². The first-order valence-electron chi connectivity index (χ1n) is 7.90. The molecule has 7 heteroatoms. The molecular formula is C17H28FIN4O. The summed E-state index contributed by atoms with van der Waals surface area (Å²) in [6, 6.07) is 6.26. The topological polar surface area (TPSA) is 65.5 Å². The number of guanidine groups is 1. The van der Waals surface area contributed by atoms with Gasteiger partial charge in [-0.25, -0.2) is 4.39 Å². The van der Waals surface area contributed by atoms with E-state index in [9.17, 15) is 9.18 Å². The highest BCUT2D eigenvalue weighted by Gasteiger charge is 2.08. The Labute approximate surface area is 160 Å². The van der Waals surface area contributed by atoms with Gasteiger partial charge in [0.1, 0.15) is 5.82 Å². The molecule has 0 fully saturated rings. The zero-order valence-electron chi connectivity index (χ0n) is 14.7. The lowest BCUT2D eigenvalue weighted by Gasteiger charge is -2.20. The van der Waals surface area contributed by atoms with E-state index < -0.39 is 0 Å². The van der Waals surface area contributed by atoms with Gasteiger partial charge >= 0.3 is 0 Å². The first-order chi connectivity index (χ1) is 10.9. The van der Waals surface area contributed by atoms with Crippen molar-refractivity contribution in [2.24, 2.45) is 10.9 Å². The third-order valence-electron chi connectivity index (χ3n) is 3.61. The maximum Gasteiger partial charge on any atom is 0.224 e. The van der Waals surface area contributed by atoms with E-state index in [-0.39, 0.29) is 42.1 Å². The molecule has 0 heterocycles. The molecule has 0 bridgehead atoms. The molecule has 0 saturated carbocycles. The summed E-state index contributed by atoms with van der Waals surface area (Å²) in [5.74, 6) is 0.840. The zero-order valence-corrected chi connectivity index (χ0v) is 17.1. The van der Waals surface area contributed by atoms with Crippen molar-refractivity contribution in [1.82, 2.24) is 16.0 Å². The first-order valence-corrected chi connectivity index (χ1v) is 7.90. The van der Waals surface area contributed by atoms with Crippen molar-refractivity contribution in [3.05, 3.63) is 35.6 Å². The largest absolute Gasteiger partial charge is 0.355 e. The lowest BCUT2D eigenvalue weighted by atomic mass is 10.1. The number of carbonyl (C=O) groups excluding carboxylic acids is 1. The molecule has 1 rings (SSSR count). The van der Waals surface area contributed by atoms with Crippen LogP contribution >= 0.6 is 24.0 Å². The van der Waals surface area contributed by atoms with E-state index in [2.05, 4.69) is 41.7 Å². The van der Waals surface area contributed by atoms with Crippen LogP contribution in [0.5, 0.6) is 0 Å². The molecule has 5 nitrogen and oxygen atoms in total. The van der Waals surface area contributed by atoms with Gasteiger partial charge in [-0.05, 0) is 30.5 Å². The van der Waals surface area contributed by atoms with E-state index in [1.165, 1.54) is 12.1 Å². The Kier molecular flexibility index (Phi) is 11.4. The molecule has 1 aromatic carbocycles. The van der Waals surface area contributed by atoms with Crippen LogP contribution in [0.25, 0.3) is 0 Å². The minimum absolute atomic E-state index is 0. The molecule has 1 aromatic rings. The van der Waals surface area contributed by atoms with Crippen LogP contribution in [-0.4, -0.2) is 38.0 Å². The summed E-state index contributed by atoms with van der Waals surface area (Å²) in [6.07, 6.45) is 0.248. The van der Waals surface area contributed by atoms with Crippen LogP contribution in [0, 0.1) is 11.7 Å². The molecule has 136 valence electrons. The Morgan fingerprint density at radius 2 is 1.71 bits per heavy atom.